The minimum atomic E-state index is -0.194. The lowest BCUT2D eigenvalue weighted by Crippen LogP contribution is -2.47. The topological polar surface area (TPSA) is 70.7 Å². The van der Waals surface area contributed by atoms with E-state index in [1.165, 1.54) is 12.8 Å². The zero-order valence-electron chi connectivity index (χ0n) is 15.5. The number of nitrogens with zero attached hydrogens (tertiary/aromatic N) is 2. The Morgan fingerprint density at radius 2 is 2.09 bits per heavy atom. The predicted molar refractivity (Wildman–Crippen MR) is 97.4 cm³/mol. The highest BCUT2D eigenvalue weighted by atomic mass is 16.1. The van der Waals surface area contributed by atoms with Gasteiger partial charge in [0.25, 0.3) is 0 Å². The smallest absolute Gasteiger partial charge is 0.217 e. The first-order chi connectivity index (χ1) is 10.8. The van der Waals surface area contributed by atoms with Crippen LogP contribution in [0.1, 0.15) is 66.2 Å². The van der Waals surface area contributed by atoms with Crippen molar-refractivity contribution < 1.29 is 4.79 Å². The quantitative estimate of drug-likeness (QED) is 0.430. The van der Waals surface area contributed by atoms with Crippen LogP contribution in [-0.2, 0) is 4.79 Å². The van der Waals surface area contributed by atoms with Crippen LogP contribution in [0.2, 0.25) is 0 Å². The number of primary amides is 1. The molecule has 0 aromatic carbocycles. The van der Waals surface area contributed by atoms with Gasteiger partial charge < -0.3 is 16.0 Å². The summed E-state index contributed by atoms with van der Waals surface area (Å²) in [6.07, 6.45) is 6.27. The van der Waals surface area contributed by atoms with Crippen LogP contribution in [0.25, 0.3) is 0 Å². The zero-order chi connectivity index (χ0) is 17.3. The second kappa shape index (κ2) is 9.78. The Labute approximate surface area is 142 Å². The number of carbonyl (C=O) groups excluding carboxylic acids is 1. The Hall–Kier alpha value is -1.26. The molecule has 1 rings (SSSR count). The van der Waals surface area contributed by atoms with E-state index in [1.807, 2.05) is 0 Å². The summed E-state index contributed by atoms with van der Waals surface area (Å²) >= 11 is 0. The fourth-order valence-corrected chi connectivity index (χ4v) is 3.09. The lowest BCUT2D eigenvalue weighted by Gasteiger charge is -2.34. The van der Waals surface area contributed by atoms with Gasteiger partial charge in [0.2, 0.25) is 5.91 Å². The first kappa shape index (κ1) is 19.8. The fourth-order valence-electron chi connectivity index (χ4n) is 3.09. The van der Waals surface area contributed by atoms with Gasteiger partial charge in [-0.3, -0.25) is 9.79 Å². The molecule has 0 radical (unpaired) electrons. The first-order valence-electron chi connectivity index (χ1n) is 9.13. The number of hydrogen-bond donors (Lipinski definition) is 2. The maximum atomic E-state index is 11.2. The third-order valence-corrected chi connectivity index (χ3v) is 4.24. The molecule has 1 fully saturated rings. The molecule has 0 aliphatic carbocycles. The summed E-state index contributed by atoms with van der Waals surface area (Å²) < 4.78 is 0. The van der Waals surface area contributed by atoms with Gasteiger partial charge in [0, 0.05) is 32.6 Å². The molecule has 0 bridgehead atoms. The molecule has 0 aromatic rings. The van der Waals surface area contributed by atoms with E-state index in [9.17, 15) is 4.79 Å². The SMILES string of the molecule is CCNC(=NCCCCC(C)(C)C)N1CCCC(CC(N)=O)C1. The predicted octanol–water partition coefficient (Wildman–Crippen LogP) is 2.76. The molecule has 1 aliphatic rings. The molecule has 1 aliphatic heterocycles. The number of rotatable bonds is 7. The van der Waals surface area contributed by atoms with Crippen molar-refractivity contribution in [3.05, 3.63) is 0 Å². The van der Waals surface area contributed by atoms with Crippen molar-refractivity contribution in [2.75, 3.05) is 26.2 Å². The summed E-state index contributed by atoms with van der Waals surface area (Å²) in [6.45, 7) is 12.6. The van der Waals surface area contributed by atoms with E-state index in [2.05, 4.69) is 37.9 Å². The number of guanidine groups is 1. The number of amides is 1. The third kappa shape index (κ3) is 8.82. The van der Waals surface area contributed by atoms with Gasteiger partial charge in [-0.1, -0.05) is 27.2 Å². The number of unbranched alkanes of at least 4 members (excludes halogenated alkanes) is 1. The van der Waals surface area contributed by atoms with Crippen LogP contribution in [0, 0.1) is 11.3 Å². The number of nitrogens with two attached hydrogens (primary N) is 1. The van der Waals surface area contributed by atoms with E-state index in [1.54, 1.807) is 0 Å². The van der Waals surface area contributed by atoms with E-state index >= 15 is 0 Å². The van der Waals surface area contributed by atoms with Crippen molar-refractivity contribution in [1.29, 1.82) is 0 Å². The second-order valence-electron chi connectivity index (χ2n) is 7.88. The number of aliphatic imine (C=N–C) groups is 1. The summed E-state index contributed by atoms with van der Waals surface area (Å²) in [7, 11) is 0. The second-order valence-corrected chi connectivity index (χ2v) is 7.88. The van der Waals surface area contributed by atoms with Crippen LogP contribution in [0.15, 0.2) is 4.99 Å². The summed E-state index contributed by atoms with van der Waals surface area (Å²) in [5.74, 6) is 1.17. The van der Waals surface area contributed by atoms with E-state index < -0.39 is 0 Å². The lowest BCUT2D eigenvalue weighted by molar-refractivity contribution is -0.119. The molecule has 23 heavy (non-hydrogen) atoms. The zero-order valence-corrected chi connectivity index (χ0v) is 15.5. The number of likely N-dealkylation sites (tertiary alicyclic amines) is 1. The van der Waals surface area contributed by atoms with Crippen molar-refractivity contribution in [3.63, 3.8) is 0 Å². The Morgan fingerprint density at radius 3 is 2.70 bits per heavy atom. The fraction of sp³-hybridized carbons (Fsp3) is 0.889. The van der Waals surface area contributed by atoms with Crippen LogP contribution in [0.4, 0.5) is 0 Å². The highest BCUT2D eigenvalue weighted by Crippen LogP contribution is 2.22. The van der Waals surface area contributed by atoms with E-state index in [0.29, 0.717) is 17.8 Å². The molecule has 134 valence electrons. The van der Waals surface area contributed by atoms with Crippen LogP contribution >= 0.6 is 0 Å². The summed E-state index contributed by atoms with van der Waals surface area (Å²) in [6, 6.07) is 0. The standard InChI is InChI=1S/C18H36N4O/c1-5-20-17(21-11-7-6-10-18(2,3)4)22-12-8-9-15(14-22)13-16(19)23/h15H,5-14H2,1-4H3,(H2,19,23)(H,20,21). The van der Waals surface area contributed by atoms with Crippen molar-refractivity contribution >= 4 is 11.9 Å². The Kier molecular flexibility index (Phi) is 8.42. The van der Waals surface area contributed by atoms with Gasteiger partial charge in [0.15, 0.2) is 5.96 Å². The molecule has 0 spiro atoms. The molecular weight excluding hydrogens is 288 g/mol. The van der Waals surface area contributed by atoms with Crippen LogP contribution < -0.4 is 11.1 Å². The first-order valence-corrected chi connectivity index (χ1v) is 9.13. The summed E-state index contributed by atoms with van der Waals surface area (Å²) in [5.41, 5.74) is 5.75. The minimum Gasteiger partial charge on any atom is -0.370 e. The number of carbonyl (C=O) groups is 1. The largest absolute Gasteiger partial charge is 0.370 e. The van der Waals surface area contributed by atoms with Gasteiger partial charge in [0.1, 0.15) is 0 Å². The molecule has 1 unspecified atom stereocenters. The Balaban J connectivity index is 2.48. The van der Waals surface area contributed by atoms with Crippen LogP contribution in [0.5, 0.6) is 0 Å². The molecule has 1 atom stereocenters. The van der Waals surface area contributed by atoms with E-state index in [0.717, 1.165) is 51.4 Å². The number of nitrogens with one attached hydrogen (secondary N) is 1. The van der Waals surface area contributed by atoms with Gasteiger partial charge in [-0.2, -0.15) is 0 Å². The molecule has 1 saturated heterocycles. The number of piperidine rings is 1. The minimum absolute atomic E-state index is 0.194. The molecule has 5 nitrogen and oxygen atoms in total. The maximum absolute atomic E-state index is 11.2. The normalized spacial score (nSPS) is 19.7. The highest BCUT2D eigenvalue weighted by molar-refractivity contribution is 5.80. The summed E-state index contributed by atoms with van der Waals surface area (Å²) in [5, 5.41) is 3.39. The average molecular weight is 325 g/mol. The van der Waals surface area contributed by atoms with Crippen molar-refractivity contribution in [2.45, 2.75) is 66.2 Å². The van der Waals surface area contributed by atoms with Gasteiger partial charge in [-0.15, -0.1) is 0 Å². The van der Waals surface area contributed by atoms with Crippen molar-refractivity contribution in [2.24, 2.45) is 22.1 Å². The third-order valence-electron chi connectivity index (χ3n) is 4.24. The monoisotopic (exact) mass is 324 g/mol. The van der Waals surface area contributed by atoms with Crippen LogP contribution in [-0.4, -0.2) is 42.9 Å². The molecule has 5 heteroatoms. The molecular formula is C18H36N4O. The highest BCUT2D eigenvalue weighted by Gasteiger charge is 2.23. The Morgan fingerprint density at radius 1 is 1.35 bits per heavy atom. The molecule has 0 aromatic heterocycles. The van der Waals surface area contributed by atoms with Crippen molar-refractivity contribution in [1.82, 2.24) is 10.2 Å². The van der Waals surface area contributed by atoms with Crippen LogP contribution in [0.3, 0.4) is 0 Å². The van der Waals surface area contributed by atoms with E-state index in [4.69, 9.17) is 10.7 Å². The summed E-state index contributed by atoms with van der Waals surface area (Å²) in [4.78, 5) is 18.2. The average Bonchev–Trinajstić information content (AvgIpc) is 2.44. The van der Waals surface area contributed by atoms with Gasteiger partial charge >= 0.3 is 0 Å². The van der Waals surface area contributed by atoms with Gasteiger partial charge in [-0.25, -0.2) is 0 Å². The molecule has 1 amide bonds. The van der Waals surface area contributed by atoms with Crippen molar-refractivity contribution in [3.8, 4) is 0 Å². The molecule has 1 heterocycles. The lowest BCUT2D eigenvalue weighted by atomic mass is 9.90. The number of hydrogen-bond acceptors (Lipinski definition) is 2. The molecule has 3 N–H and O–H groups in total. The van der Waals surface area contributed by atoms with Gasteiger partial charge in [0.05, 0.1) is 0 Å². The van der Waals surface area contributed by atoms with Gasteiger partial charge in [-0.05, 0) is 43.9 Å². The van der Waals surface area contributed by atoms with E-state index in [-0.39, 0.29) is 5.91 Å². The maximum Gasteiger partial charge on any atom is 0.217 e. The molecule has 0 saturated carbocycles. The Bertz CT molecular complexity index is 387.